The van der Waals surface area contributed by atoms with E-state index in [9.17, 15) is 4.79 Å². The van der Waals surface area contributed by atoms with Crippen molar-refractivity contribution in [2.45, 2.75) is 38.3 Å². The van der Waals surface area contributed by atoms with E-state index < -0.39 is 0 Å². The average Bonchev–Trinajstić information content (AvgIpc) is 2.55. The molecule has 2 aromatic rings. The van der Waals surface area contributed by atoms with Gasteiger partial charge in [0, 0.05) is 23.3 Å². The van der Waals surface area contributed by atoms with Crippen molar-refractivity contribution in [3.63, 3.8) is 0 Å². The van der Waals surface area contributed by atoms with Crippen LogP contribution < -0.4 is 5.32 Å². The molecule has 5 nitrogen and oxygen atoms in total. The Morgan fingerprint density at radius 2 is 2.33 bits per heavy atom. The van der Waals surface area contributed by atoms with Gasteiger partial charge in [0.05, 0.1) is 11.7 Å². The molecule has 1 aliphatic heterocycles. The van der Waals surface area contributed by atoms with Crippen LogP contribution in [0.5, 0.6) is 0 Å². The molecule has 110 valence electrons. The molecule has 0 saturated carbocycles. The van der Waals surface area contributed by atoms with Crippen molar-refractivity contribution < 1.29 is 9.53 Å². The maximum atomic E-state index is 12.1. The third-order valence-corrected chi connectivity index (χ3v) is 3.86. The first-order valence-corrected chi connectivity index (χ1v) is 7.37. The monoisotopic (exact) mass is 285 g/mol. The van der Waals surface area contributed by atoms with Gasteiger partial charge in [-0.3, -0.25) is 14.8 Å². The van der Waals surface area contributed by atoms with E-state index in [1.807, 2.05) is 19.1 Å². The molecule has 2 atom stereocenters. The van der Waals surface area contributed by atoms with Crippen molar-refractivity contribution >= 4 is 16.9 Å². The third-order valence-electron chi connectivity index (χ3n) is 3.86. The Bertz CT molecular complexity index is 638. The van der Waals surface area contributed by atoms with Gasteiger partial charge >= 0.3 is 5.97 Å². The summed E-state index contributed by atoms with van der Waals surface area (Å²) in [7, 11) is 0. The molecule has 1 saturated heterocycles. The summed E-state index contributed by atoms with van der Waals surface area (Å²) in [5.74, 6) is -0.169. The van der Waals surface area contributed by atoms with Crippen LogP contribution in [0.4, 0.5) is 0 Å². The molecule has 3 rings (SSSR count). The van der Waals surface area contributed by atoms with Crippen molar-refractivity contribution in [3.05, 3.63) is 36.3 Å². The van der Waals surface area contributed by atoms with Crippen molar-refractivity contribution in [1.29, 1.82) is 0 Å². The molecule has 21 heavy (non-hydrogen) atoms. The molecule has 0 bridgehead atoms. The molecule has 1 aliphatic rings. The Morgan fingerprint density at radius 3 is 3.14 bits per heavy atom. The molecular formula is C16H19N3O2. The molecule has 0 spiro atoms. The number of aromatic nitrogens is 2. The van der Waals surface area contributed by atoms with Gasteiger partial charge in [0.25, 0.3) is 0 Å². The number of nitrogens with zero attached hydrogens (tertiary/aromatic N) is 2. The number of esters is 1. The highest BCUT2D eigenvalue weighted by molar-refractivity contribution is 5.78. The van der Waals surface area contributed by atoms with Gasteiger partial charge in [-0.05, 0) is 38.4 Å². The van der Waals surface area contributed by atoms with Crippen LogP contribution in [0.1, 0.15) is 37.9 Å². The summed E-state index contributed by atoms with van der Waals surface area (Å²) in [6.07, 6.45) is 7.96. The van der Waals surface area contributed by atoms with E-state index in [0.717, 1.165) is 42.3 Å². The van der Waals surface area contributed by atoms with E-state index in [0.29, 0.717) is 0 Å². The van der Waals surface area contributed by atoms with Gasteiger partial charge in [0.15, 0.2) is 0 Å². The van der Waals surface area contributed by atoms with E-state index >= 15 is 0 Å². The van der Waals surface area contributed by atoms with Crippen LogP contribution in [-0.4, -0.2) is 28.5 Å². The van der Waals surface area contributed by atoms with Gasteiger partial charge in [-0.25, -0.2) is 0 Å². The van der Waals surface area contributed by atoms with E-state index in [1.54, 1.807) is 18.6 Å². The van der Waals surface area contributed by atoms with Crippen LogP contribution in [0.2, 0.25) is 0 Å². The largest absolute Gasteiger partial charge is 0.457 e. The van der Waals surface area contributed by atoms with E-state index in [4.69, 9.17) is 4.74 Å². The Kier molecular flexibility index (Phi) is 4.10. The van der Waals surface area contributed by atoms with E-state index in [-0.39, 0.29) is 18.1 Å². The lowest BCUT2D eigenvalue weighted by Crippen LogP contribution is -2.41. The predicted octanol–water partition coefficient (Wildman–Crippen LogP) is 2.38. The minimum Gasteiger partial charge on any atom is -0.457 e. The van der Waals surface area contributed by atoms with E-state index in [1.165, 1.54) is 0 Å². The quantitative estimate of drug-likeness (QED) is 0.877. The minimum absolute atomic E-state index is 0.168. The minimum atomic E-state index is -0.300. The normalized spacial score (nSPS) is 20.1. The fourth-order valence-corrected chi connectivity index (χ4v) is 2.59. The number of carbonyl (C=O) groups excluding carboxylic acids is 1. The molecule has 0 radical (unpaired) electrons. The summed E-state index contributed by atoms with van der Waals surface area (Å²) in [5, 5.41) is 4.21. The highest BCUT2D eigenvalue weighted by atomic mass is 16.5. The summed E-state index contributed by atoms with van der Waals surface area (Å²) in [5.41, 5.74) is 1.74. The lowest BCUT2D eigenvalue weighted by molar-refractivity contribution is -0.151. The Labute approximate surface area is 123 Å². The number of pyridine rings is 2. The number of hydrogen-bond donors (Lipinski definition) is 1. The van der Waals surface area contributed by atoms with Crippen molar-refractivity contribution in [2.24, 2.45) is 0 Å². The second-order valence-corrected chi connectivity index (χ2v) is 5.42. The van der Waals surface area contributed by atoms with Crippen LogP contribution in [-0.2, 0) is 9.53 Å². The third kappa shape index (κ3) is 3.19. The van der Waals surface area contributed by atoms with Crippen LogP contribution in [0.25, 0.3) is 10.9 Å². The topological polar surface area (TPSA) is 64.1 Å². The molecule has 2 unspecified atom stereocenters. The lowest BCUT2D eigenvalue weighted by atomic mass is 10.1. The van der Waals surface area contributed by atoms with E-state index in [2.05, 4.69) is 15.3 Å². The zero-order valence-corrected chi connectivity index (χ0v) is 12.1. The molecule has 1 N–H and O–H groups in total. The van der Waals surface area contributed by atoms with Gasteiger partial charge in [-0.15, -0.1) is 0 Å². The van der Waals surface area contributed by atoms with Crippen LogP contribution in [0.3, 0.4) is 0 Å². The zero-order valence-electron chi connectivity index (χ0n) is 12.1. The molecule has 0 aromatic carbocycles. The number of nitrogens with one attached hydrogen (secondary N) is 1. The van der Waals surface area contributed by atoms with Crippen molar-refractivity contribution in [1.82, 2.24) is 15.3 Å². The van der Waals surface area contributed by atoms with Crippen molar-refractivity contribution in [3.8, 4) is 0 Å². The Morgan fingerprint density at radius 1 is 1.43 bits per heavy atom. The molecule has 2 aromatic heterocycles. The first kappa shape index (κ1) is 13.9. The number of carbonyl (C=O) groups is 1. The van der Waals surface area contributed by atoms with Crippen LogP contribution in [0, 0.1) is 0 Å². The zero-order chi connectivity index (χ0) is 14.7. The maximum Gasteiger partial charge on any atom is 0.323 e. The highest BCUT2D eigenvalue weighted by Crippen LogP contribution is 2.21. The fraction of sp³-hybridized carbons (Fsp3) is 0.438. The molecular weight excluding hydrogens is 266 g/mol. The molecule has 0 amide bonds. The molecule has 3 heterocycles. The smallest absolute Gasteiger partial charge is 0.323 e. The summed E-state index contributed by atoms with van der Waals surface area (Å²) >= 11 is 0. The molecule has 1 fully saturated rings. The SMILES string of the molecule is CC(OC(=O)C1CCCCN1)c1cnc2cnccc2c1. The lowest BCUT2D eigenvalue weighted by Gasteiger charge is -2.23. The molecule has 5 heteroatoms. The first-order chi connectivity index (χ1) is 10.2. The van der Waals surface area contributed by atoms with Crippen LogP contribution >= 0.6 is 0 Å². The highest BCUT2D eigenvalue weighted by Gasteiger charge is 2.24. The predicted molar refractivity (Wildman–Crippen MR) is 79.7 cm³/mol. The molecule has 0 aliphatic carbocycles. The number of piperidine rings is 1. The Hall–Kier alpha value is -2.01. The van der Waals surface area contributed by atoms with Gasteiger partial charge in [-0.1, -0.05) is 6.42 Å². The number of fused-ring (bicyclic) bond motifs is 1. The fourth-order valence-electron chi connectivity index (χ4n) is 2.59. The summed E-state index contributed by atoms with van der Waals surface area (Å²) in [6.45, 7) is 2.77. The summed E-state index contributed by atoms with van der Waals surface area (Å²) in [6, 6.07) is 3.73. The van der Waals surface area contributed by atoms with Gasteiger partial charge in [-0.2, -0.15) is 0 Å². The summed E-state index contributed by atoms with van der Waals surface area (Å²) < 4.78 is 5.57. The van der Waals surface area contributed by atoms with Gasteiger partial charge < -0.3 is 10.1 Å². The summed E-state index contributed by atoms with van der Waals surface area (Å²) in [4.78, 5) is 20.5. The Balaban J connectivity index is 1.71. The standard InChI is InChI=1S/C16H19N3O2/c1-11(21-16(20)14-4-2-3-6-18-14)13-8-12-5-7-17-10-15(12)19-9-13/h5,7-11,14,18H,2-4,6H2,1H3. The second kappa shape index (κ2) is 6.18. The first-order valence-electron chi connectivity index (χ1n) is 7.37. The number of rotatable bonds is 3. The van der Waals surface area contributed by atoms with Crippen LogP contribution in [0.15, 0.2) is 30.7 Å². The number of hydrogen-bond acceptors (Lipinski definition) is 5. The van der Waals surface area contributed by atoms with Gasteiger partial charge in [0.2, 0.25) is 0 Å². The maximum absolute atomic E-state index is 12.1. The van der Waals surface area contributed by atoms with Crippen molar-refractivity contribution in [2.75, 3.05) is 6.54 Å². The number of ether oxygens (including phenoxy) is 1. The van der Waals surface area contributed by atoms with Gasteiger partial charge in [0.1, 0.15) is 12.1 Å². The average molecular weight is 285 g/mol. The second-order valence-electron chi connectivity index (χ2n) is 5.42.